The number of carbonyl (C=O) groups is 1. The van der Waals surface area contributed by atoms with Gasteiger partial charge in [0.15, 0.2) is 5.69 Å². The first-order chi connectivity index (χ1) is 8.16. The Morgan fingerprint density at radius 2 is 1.94 bits per heavy atom. The van der Waals surface area contributed by atoms with Crippen LogP contribution in [0.2, 0.25) is 0 Å². The fourth-order valence-electron chi connectivity index (χ4n) is 1.32. The third-order valence-electron chi connectivity index (χ3n) is 2.04. The molecule has 0 aliphatic heterocycles. The highest BCUT2D eigenvalue weighted by atomic mass is 16.7. The maximum Gasteiger partial charge on any atom is 0.384 e. The first kappa shape index (κ1) is 10.9. The van der Waals surface area contributed by atoms with E-state index in [1.807, 2.05) is 18.2 Å². The maximum atomic E-state index is 11.5. The number of fused-ring (bicyclic) bond motifs is 1. The highest BCUT2D eigenvalue weighted by Gasteiger charge is 2.09. The molecule has 6 nitrogen and oxygen atoms in total. The molecule has 0 spiro atoms. The van der Waals surface area contributed by atoms with Crippen LogP contribution < -0.4 is 11.5 Å². The minimum Gasteiger partial charge on any atom is -0.367 e. The molecule has 1 aromatic carbocycles. The number of para-hydroxylation sites is 1. The van der Waals surface area contributed by atoms with E-state index in [4.69, 9.17) is 11.5 Å². The summed E-state index contributed by atoms with van der Waals surface area (Å²) in [6.07, 6.45) is 0. The van der Waals surface area contributed by atoms with E-state index < -0.39 is 5.97 Å². The summed E-state index contributed by atoms with van der Waals surface area (Å²) in [5.74, 6) is -1.02. The van der Waals surface area contributed by atoms with Crippen molar-refractivity contribution >= 4 is 22.8 Å². The second kappa shape index (κ2) is 4.48. The van der Waals surface area contributed by atoms with Crippen molar-refractivity contribution in [3.05, 3.63) is 42.1 Å². The fourth-order valence-corrected chi connectivity index (χ4v) is 1.32. The summed E-state index contributed by atoms with van der Waals surface area (Å²) >= 11 is 0. The number of hydrogen-bond acceptors (Lipinski definition) is 4. The monoisotopic (exact) mass is 230 g/mol. The lowest BCUT2D eigenvalue weighted by molar-refractivity contribution is 0.0508. The van der Waals surface area contributed by atoms with Crippen molar-refractivity contribution in [2.45, 2.75) is 0 Å². The van der Waals surface area contributed by atoms with Crippen LogP contribution in [0.4, 0.5) is 0 Å². The van der Waals surface area contributed by atoms with Gasteiger partial charge in [0, 0.05) is 5.39 Å². The van der Waals surface area contributed by atoms with E-state index in [1.54, 1.807) is 18.2 Å². The van der Waals surface area contributed by atoms with Crippen LogP contribution in [0.5, 0.6) is 0 Å². The molecule has 0 radical (unpaired) electrons. The molecule has 1 aromatic heterocycles. The summed E-state index contributed by atoms with van der Waals surface area (Å²) in [6, 6.07) is 10.7. The average Bonchev–Trinajstić information content (AvgIpc) is 2.35. The van der Waals surface area contributed by atoms with Crippen molar-refractivity contribution in [3.8, 4) is 0 Å². The van der Waals surface area contributed by atoms with Crippen LogP contribution in [0.1, 0.15) is 10.5 Å². The Bertz CT molecular complexity index is 591. The van der Waals surface area contributed by atoms with E-state index in [2.05, 4.69) is 15.0 Å². The molecule has 0 saturated carbocycles. The van der Waals surface area contributed by atoms with Gasteiger partial charge in [-0.25, -0.2) is 9.78 Å². The molecule has 86 valence electrons. The number of oxime groups is 1. The Kier molecular flexibility index (Phi) is 2.87. The topological polar surface area (TPSA) is 104 Å². The van der Waals surface area contributed by atoms with E-state index in [1.165, 1.54) is 0 Å². The molecule has 6 heteroatoms. The van der Waals surface area contributed by atoms with E-state index >= 15 is 0 Å². The summed E-state index contributed by atoms with van der Waals surface area (Å²) in [4.78, 5) is 20.1. The molecule has 1 heterocycles. The van der Waals surface area contributed by atoms with Gasteiger partial charge in [0.25, 0.3) is 0 Å². The molecule has 0 fully saturated rings. The number of rotatable bonds is 2. The summed E-state index contributed by atoms with van der Waals surface area (Å²) in [7, 11) is 0. The lowest BCUT2D eigenvalue weighted by atomic mass is 10.2. The zero-order valence-electron chi connectivity index (χ0n) is 8.83. The third-order valence-corrected chi connectivity index (χ3v) is 2.04. The predicted octanol–water partition coefficient (Wildman–Crippen LogP) is 0.580. The van der Waals surface area contributed by atoms with Gasteiger partial charge in [0.1, 0.15) is 0 Å². The van der Waals surface area contributed by atoms with Gasteiger partial charge < -0.3 is 16.3 Å². The van der Waals surface area contributed by atoms with E-state index in [-0.39, 0.29) is 11.7 Å². The van der Waals surface area contributed by atoms with Gasteiger partial charge in [-0.3, -0.25) is 0 Å². The number of nitrogens with zero attached hydrogens (tertiary/aromatic N) is 2. The van der Waals surface area contributed by atoms with Gasteiger partial charge in [-0.15, -0.1) is 0 Å². The van der Waals surface area contributed by atoms with Crippen molar-refractivity contribution in [1.29, 1.82) is 0 Å². The normalized spacial score (nSPS) is 9.88. The number of carbonyl (C=O) groups excluding carboxylic acids is 1. The number of guanidine groups is 1. The van der Waals surface area contributed by atoms with E-state index in [0.717, 1.165) is 5.39 Å². The molecular formula is C11H10N4O2. The summed E-state index contributed by atoms with van der Waals surface area (Å²) in [5.41, 5.74) is 10.9. The summed E-state index contributed by atoms with van der Waals surface area (Å²) in [5, 5.41) is 4.10. The molecule has 0 aliphatic rings. The zero-order valence-corrected chi connectivity index (χ0v) is 8.83. The third kappa shape index (κ3) is 2.49. The summed E-state index contributed by atoms with van der Waals surface area (Å²) in [6.45, 7) is 0. The zero-order chi connectivity index (χ0) is 12.3. The van der Waals surface area contributed by atoms with Crippen LogP contribution in [-0.2, 0) is 4.84 Å². The highest BCUT2D eigenvalue weighted by Crippen LogP contribution is 2.12. The minimum absolute atomic E-state index is 0.147. The van der Waals surface area contributed by atoms with Gasteiger partial charge in [-0.2, -0.15) is 0 Å². The molecule has 2 aromatic rings. The first-order valence-corrected chi connectivity index (χ1v) is 4.83. The first-order valence-electron chi connectivity index (χ1n) is 4.83. The molecule has 0 amide bonds. The highest BCUT2D eigenvalue weighted by molar-refractivity contribution is 5.91. The SMILES string of the molecule is NC(N)=NOC(=O)c1ccc2ccccc2n1. The smallest absolute Gasteiger partial charge is 0.367 e. The van der Waals surface area contributed by atoms with Gasteiger partial charge in [0.2, 0.25) is 5.96 Å². The predicted molar refractivity (Wildman–Crippen MR) is 63.0 cm³/mol. The van der Waals surface area contributed by atoms with E-state index in [0.29, 0.717) is 5.52 Å². The van der Waals surface area contributed by atoms with Crippen LogP contribution in [0, 0.1) is 0 Å². The van der Waals surface area contributed by atoms with Crippen molar-refractivity contribution in [3.63, 3.8) is 0 Å². The number of aromatic nitrogens is 1. The Morgan fingerprint density at radius 1 is 1.18 bits per heavy atom. The molecule has 0 bridgehead atoms. The van der Waals surface area contributed by atoms with Crippen LogP contribution in [-0.4, -0.2) is 16.9 Å². The lowest BCUT2D eigenvalue weighted by Gasteiger charge is -2.00. The van der Waals surface area contributed by atoms with Gasteiger partial charge >= 0.3 is 5.97 Å². The second-order valence-electron chi connectivity index (χ2n) is 3.28. The van der Waals surface area contributed by atoms with Crippen LogP contribution >= 0.6 is 0 Å². The Hall–Kier alpha value is -2.63. The van der Waals surface area contributed by atoms with Crippen LogP contribution in [0.15, 0.2) is 41.6 Å². The van der Waals surface area contributed by atoms with Crippen molar-refractivity contribution < 1.29 is 9.63 Å². The molecule has 0 saturated heterocycles. The van der Waals surface area contributed by atoms with E-state index in [9.17, 15) is 4.79 Å². The Morgan fingerprint density at radius 3 is 2.71 bits per heavy atom. The molecule has 4 N–H and O–H groups in total. The molecule has 2 rings (SSSR count). The van der Waals surface area contributed by atoms with Gasteiger partial charge in [-0.05, 0) is 17.3 Å². The molecule has 0 unspecified atom stereocenters. The standard InChI is InChI=1S/C11H10N4O2/c12-11(13)15-17-10(16)9-6-5-7-3-1-2-4-8(7)14-9/h1-6H,(H4,12,13,15). The van der Waals surface area contributed by atoms with Gasteiger partial charge in [-0.1, -0.05) is 24.3 Å². The number of pyridine rings is 1. The van der Waals surface area contributed by atoms with Crippen molar-refractivity contribution in [1.82, 2.24) is 4.98 Å². The molecule has 0 aliphatic carbocycles. The number of nitrogens with two attached hydrogens (primary N) is 2. The van der Waals surface area contributed by atoms with Crippen LogP contribution in [0.25, 0.3) is 10.9 Å². The maximum absolute atomic E-state index is 11.5. The van der Waals surface area contributed by atoms with Crippen LogP contribution in [0.3, 0.4) is 0 Å². The summed E-state index contributed by atoms with van der Waals surface area (Å²) < 4.78 is 0. The Balaban J connectivity index is 2.30. The largest absolute Gasteiger partial charge is 0.384 e. The van der Waals surface area contributed by atoms with Crippen molar-refractivity contribution in [2.24, 2.45) is 16.6 Å². The Labute approximate surface area is 96.9 Å². The minimum atomic E-state index is -0.704. The number of benzene rings is 1. The fraction of sp³-hybridized carbons (Fsp3) is 0. The molecular weight excluding hydrogens is 220 g/mol. The van der Waals surface area contributed by atoms with Gasteiger partial charge in [0.05, 0.1) is 5.52 Å². The second-order valence-corrected chi connectivity index (χ2v) is 3.28. The molecule has 17 heavy (non-hydrogen) atoms. The molecule has 0 atom stereocenters. The number of hydrogen-bond donors (Lipinski definition) is 2. The lowest BCUT2D eigenvalue weighted by Crippen LogP contribution is -2.23. The van der Waals surface area contributed by atoms with Crippen molar-refractivity contribution in [2.75, 3.05) is 0 Å². The average molecular weight is 230 g/mol. The quantitative estimate of drug-likeness (QED) is 0.340.